The number of likely N-dealkylation sites (tertiary alicyclic amines) is 1. The van der Waals surface area contributed by atoms with Crippen molar-refractivity contribution in [1.82, 2.24) is 14.9 Å². The monoisotopic (exact) mass is 339 g/mol. The number of piperidine rings is 1. The maximum Gasteiger partial charge on any atom is 0.137 e. The predicted molar refractivity (Wildman–Crippen MR) is 95.3 cm³/mol. The average Bonchev–Trinajstić information content (AvgIpc) is 3.07. The SMILES string of the molecule is c1ccc(CN2CCC3(CC2)COC(COc2cccnc2)C3)nc1. The molecule has 5 nitrogen and oxygen atoms in total. The second kappa shape index (κ2) is 7.50. The molecule has 1 unspecified atom stereocenters. The lowest BCUT2D eigenvalue weighted by atomic mass is 9.76. The molecule has 0 amide bonds. The van der Waals surface area contributed by atoms with E-state index in [2.05, 4.69) is 27.0 Å². The van der Waals surface area contributed by atoms with Crippen molar-refractivity contribution in [2.75, 3.05) is 26.3 Å². The van der Waals surface area contributed by atoms with E-state index >= 15 is 0 Å². The van der Waals surface area contributed by atoms with Crippen molar-refractivity contribution in [3.8, 4) is 5.75 Å². The summed E-state index contributed by atoms with van der Waals surface area (Å²) in [7, 11) is 0. The van der Waals surface area contributed by atoms with Crippen LogP contribution in [0.25, 0.3) is 0 Å². The molecular weight excluding hydrogens is 314 g/mol. The lowest BCUT2D eigenvalue weighted by Gasteiger charge is -2.38. The average molecular weight is 339 g/mol. The van der Waals surface area contributed by atoms with Crippen LogP contribution in [-0.4, -0.2) is 47.3 Å². The van der Waals surface area contributed by atoms with Crippen molar-refractivity contribution < 1.29 is 9.47 Å². The fraction of sp³-hybridized carbons (Fsp3) is 0.500. The fourth-order valence-corrected chi connectivity index (χ4v) is 3.88. The van der Waals surface area contributed by atoms with Crippen molar-refractivity contribution in [1.29, 1.82) is 0 Å². The molecule has 1 spiro atoms. The molecule has 0 radical (unpaired) electrons. The molecule has 4 rings (SSSR count). The number of aromatic nitrogens is 2. The van der Waals surface area contributed by atoms with Crippen LogP contribution in [-0.2, 0) is 11.3 Å². The smallest absolute Gasteiger partial charge is 0.137 e. The van der Waals surface area contributed by atoms with E-state index in [0.29, 0.717) is 12.0 Å². The van der Waals surface area contributed by atoms with Gasteiger partial charge in [0.15, 0.2) is 0 Å². The van der Waals surface area contributed by atoms with Crippen LogP contribution in [0.3, 0.4) is 0 Å². The second-order valence-corrected chi connectivity index (χ2v) is 7.23. The van der Waals surface area contributed by atoms with Gasteiger partial charge in [0.05, 0.1) is 24.6 Å². The van der Waals surface area contributed by atoms with E-state index in [4.69, 9.17) is 9.47 Å². The maximum absolute atomic E-state index is 6.05. The minimum atomic E-state index is 0.197. The van der Waals surface area contributed by atoms with Gasteiger partial charge in [-0.15, -0.1) is 0 Å². The Labute approximate surface area is 149 Å². The van der Waals surface area contributed by atoms with E-state index in [-0.39, 0.29) is 6.10 Å². The first-order chi connectivity index (χ1) is 12.3. The number of rotatable bonds is 5. The summed E-state index contributed by atoms with van der Waals surface area (Å²) in [6, 6.07) is 9.97. The summed E-state index contributed by atoms with van der Waals surface area (Å²) in [5, 5.41) is 0. The molecule has 0 bridgehead atoms. The molecule has 2 aromatic rings. The Bertz CT molecular complexity index is 657. The minimum absolute atomic E-state index is 0.197. The molecule has 4 heterocycles. The van der Waals surface area contributed by atoms with E-state index in [1.54, 1.807) is 12.4 Å². The van der Waals surface area contributed by atoms with Gasteiger partial charge in [-0.3, -0.25) is 14.9 Å². The van der Waals surface area contributed by atoms with Crippen LogP contribution in [0.1, 0.15) is 25.0 Å². The van der Waals surface area contributed by atoms with Gasteiger partial charge in [0.25, 0.3) is 0 Å². The molecule has 0 N–H and O–H groups in total. The van der Waals surface area contributed by atoms with Crippen LogP contribution in [0.4, 0.5) is 0 Å². The summed E-state index contributed by atoms with van der Waals surface area (Å²) in [5.74, 6) is 0.817. The van der Waals surface area contributed by atoms with Gasteiger partial charge in [-0.2, -0.15) is 0 Å². The molecule has 0 aromatic carbocycles. The highest BCUT2D eigenvalue weighted by Crippen LogP contribution is 2.42. The molecule has 1 atom stereocenters. The zero-order valence-corrected chi connectivity index (χ0v) is 14.5. The summed E-state index contributed by atoms with van der Waals surface area (Å²) in [5.41, 5.74) is 1.49. The van der Waals surface area contributed by atoms with Crippen LogP contribution in [0, 0.1) is 5.41 Å². The molecule has 25 heavy (non-hydrogen) atoms. The molecule has 132 valence electrons. The number of nitrogens with zero attached hydrogens (tertiary/aromatic N) is 3. The Morgan fingerprint density at radius 2 is 2.08 bits per heavy atom. The van der Waals surface area contributed by atoms with Gasteiger partial charge in [0.1, 0.15) is 12.4 Å². The molecule has 5 heteroatoms. The van der Waals surface area contributed by atoms with Crippen LogP contribution in [0.15, 0.2) is 48.9 Å². The van der Waals surface area contributed by atoms with Gasteiger partial charge < -0.3 is 9.47 Å². The highest BCUT2D eigenvalue weighted by molar-refractivity contribution is 5.15. The van der Waals surface area contributed by atoms with Gasteiger partial charge in [0.2, 0.25) is 0 Å². The minimum Gasteiger partial charge on any atom is -0.489 e. The van der Waals surface area contributed by atoms with Crippen LogP contribution in [0.5, 0.6) is 5.75 Å². The third kappa shape index (κ3) is 4.17. The Balaban J connectivity index is 1.24. The van der Waals surface area contributed by atoms with Gasteiger partial charge in [-0.05, 0) is 62.0 Å². The number of ether oxygens (including phenoxy) is 2. The van der Waals surface area contributed by atoms with E-state index < -0.39 is 0 Å². The zero-order chi connectivity index (χ0) is 17.0. The van der Waals surface area contributed by atoms with E-state index in [1.807, 2.05) is 24.4 Å². The number of pyridine rings is 2. The maximum atomic E-state index is 6.05. The third-order valence-corrected chi connectivity index (χ3v) is 5.38. The Morgan fingerprint density at radius 3 is 2.84 bits per heavy atom. The summed E-state index contributed by atoms with van der Waals surface area (Å²) < 4.78 is 11.9. The summed E-state index contributed by atoms with van der Waals surface area (Å²) in [6.45, 7) is 4.67. The third-order valence-electron chi connectivity index (χ3n) is 5.38. The van der Waals surface area contributed by atoms with E-state index in [0.717, 1.165) is 44.1 Å². The predicted octanol–water partition coefficient (Wildman–Crippen LogP) is 2.93. The van der Waals surface area contributed by atoms with Crippen LogP contribution in [0.2, 0.25) is 0 Å². The van der Waals surface area contributed by atoms with Crippen LogP contribution < -0.4 is 4.74 Å². The van der Waals surface area contributed by atoms with Crippen molar-refractivity contribution in [2.45, 2.75) is 31.9 Å². The quantitative estimate of drug-likeness (QED) is 0.838. The Morgan fingerprint density at radius 1 is 1.16 bits per heavy atom. The molecule has 0 saturated carbocycles. The second-order valence-electron chi connectivity index (χ2n) is 7.23. The van der Waals surface area contributed by atoms with Crippen LogP contribution >= 0.6 is 0 Å². The standard InChI is InChI=1S/C20H25N3O2/c1-2-9-22-17(4-1)14-23-10-6-20(7-11-23)12-19(25-16-20)15-24-18-5-3-8-21-13-18/h1-5,8-9,13,19H,6-7,10-12,14-16H2. The highest BCUT2D eigenvalue weighted by atomic mass is 16.5. The normalized spacial score (nSPS) is 23.0. The summed E-state index contributed by atoms with van der Waals surface area (Å²) in [4.78, 5) is 11.0. The molecule has 2 saturated heterocycles. The largest absolute Gasteiger partial charge is 0.489 e. The van der Waals surface area contributed by atoms with Crippen molar-refractivity contribution in [3.05, 3.63) is 54.6 Å². The first kappa shape index (κ1) is 16.5. The zero-order valence-electron chi connectivity index (χ0n) is 14.5. The number of hydrogen-bond acceptors (Lipinski definition) is 5. The summed E-state index contributed by atoms with van der Waals surface area (Å²) >= 11 is 0. The fourth-order valence-electron chi connectivity index (χ4n) is 3.88. The Hall–Kier alpha value is -1.98. The first-order valence-corrected chi connectivity index (χ1v) is 9.08. The summed E-state index contributed by atoms with van der Waals surface area (Å²) in [6.07, 6.45) is 9.07. The number of hydrogen-bond donors (Lipinski definition) is 0. The van der Waals surface area contributed by atoms with Crippen molar-refractivity contribution >= 4 is 0 Å². The molecule has 2 aliphatic rings. The molecule has 0 aliphatic carbocycles. The topological polar surface area (TPSA) is 47.5 Å². The molecule has 2 fully saturated rings. The Kier molecular flexibility index (Phi) is 4.95. The first-order valence-electron chi connectivity index (χ1n) is 9.08. The van der Waals surface area contributed by atoms with Gasteiger partial charge in [-0.25, -0.2) is 0 Å². The molecule has 2 aliphatic heterocycles. The molecular formula is C20H25N3O2. The lowest BCUT2D eigenvalue weighted by Crippen LogP contribution is -2.40. The van der Waals surface area contributed by atoms with E-state index in [9.17, 15) is 0 Å². The van der Waals surface area contributed by atoms with Gasteiger partial charge >= 0.3 is 0 Å². The van der Waals surface area contributed by atoms with Crippen molar-refractivity contribution in [2.24, 2.45) is 5.41 Å². The van der Waals surface area contributed by atoms with Gasteiger partial charge in [0, 0.05) is 18.9 Å². The van der Waals surface area contributed by atoms with E-state index in [1.165, 1.54) is 12.8 Å². The highest BCUT2D eigenvalue weighted by Gasteiger charge is 2.42. The lowest BCUT2D eigenvalue weighted by molar-refractivity contribution is 0.0468. The van der Waals surface area contributed by atoms with Crippen molar-refractivity contribution in [3.63, 3.8) is 0 Å². The van der Waals surface area contributed by atoms with Gasteiger partial charge in [-0.1, -0.05) is 6.07 Å². The molecule has 2 aromatic heterocycles.